The van der Waals surface area contributed by atoms with E-state index in [1.807, 2.05) is 0 Å². The van der Waals surface area contributed by atoms with Gasteiger partial charge in [-0.05, 0) is 42.0 Å². The van der Waals surface area contributed by atoms with E-state index in [1.165, 1.54) is 18.5 Å². The third kappa shape index (κ3) is 3.68. The molecule has 0 radical (unpaired) electrons. The first-order valence-electron chi connectivity index (χ1n) is 7.32. The summed E-state index contributed by atoms with van der Waals surface area (Å²) in [5.74, 6) is -0.733. The van der Waals surface area contributed by atoms with Crippen LogP contribution in [0.15, 0.2) is 55.0 Å². The molecule has 0 aliphatic rings. The molecule has 0 unspecified atom stereocenters. The Labute approximate surface area is 144 Å². The zero-order valence-corrected chi connectivity index (χ0v) is 12.9. The number of hydrogen-bond acceptors (Lipinski definition) is 2. The molecule has 134 valence electrons. The van der Waals surface area contributed by atoms with Crippen molar-refractivity contribution in [3.8, 4) is 22.4 Å². The fourth-order valence-electron chi connectivity index (χ4n) is 2.46. The Bertz CT molecular complexity index is 920. The lowest BCUT2D eigenvalue weighted by molar-refractivity contribution is -0.137. The maximum absolute atomic E-state index is 14.0. The summed E-state index contributed by atoms with van der Waals surface area (Å²) in [6.07, 6.45) is -4.32. The molecule has 0 saturated carbocycles. The molecule has 0 N–H and O–H groups in total. The van der Waals surface area contributed by atoms with Gasteiger partial charge >= 0.3 is 6.18 Å². The van der Waals surface area contributed by atoms with Gasteiger partial charge in [-0.1, -0.05) is 0 Å². The van der Waals surface area contributed by atoms with Crippen molar-refractivity contribution in [2.24, 2.45) is 0 Å². The number of alkyl halides is 5. The molecule has 3 rings (SSSR count). The maximum atomic E-state index is 14.0. The molecule has 1 aromatic carbocycles. The van der Waals surface area contributed by atoms with Gasteiger partial charge in [0.2, 0.25) is 0 Å². The third-order valence-electron chi connectivity index (χ3n) is 3.69. The number of pyridine rings is 2. The second-order valence-corrected chi connectivity index (χ2v) is 5.42. The zero-order chi connectivity index (χ0) is 18.9. The summed E-state index contributed by atoms with van der Waals surface area (Å²) in [5, 5.41) is 0. The van der Waals surface area contributed by atoms with Crippen LogP contribution >= 0.6 is 0 Å². The van der Waals surface area contributed by atoms with E-state index in [4.69, 9.17) is 0 Å². The molecule has 0 amide bonds. The molecule has 0 atom stereocenters. The van der Waals surface area contributed by atoms with E-state index in [2.05, 4.69) is 9.97 Å². The second-order valence-electron chi connectivity index (χ2n) is 5.42. The molecule has 0 fully saturated rings. The predicted molar refractivity (Wildman–Crippen MR) is 82.8 cm³/mol. The normalized spacial score (nSPS) is 11.8. The molecule has 2 heterocycles. The van der Waals surface area contributed by atoms with Gasteiger partial charge in [-0.25, -0.2) is 13.2 Å². The van der Waals surface area contributed by atoms with Crippen molar-refractivity contribution in [1.82, 2.24) is 9.97 Å². The van der Waals surface area contributed by atoms with Gasteiger partial charge in [0, 0.05) is 35.3 Å². The molecule has 0 aliphatic carbocycles. The summed E-state index contributed by atoms with van der Waals surface area (Å²) in [6, 6.07) is 6.54. The van der Waals surface area contributed by atoms with Crippen LogP contribution in [0.5, 0.6) is 0 Å². The fraction of sp³-hybridized carbons (Fsp3) is 0.111. The fourth-order valence-corrected chi connectivity index (χ4v) is 2.46. The summed E-state index contributed by atoms with van der Waals surface area (Å²) in [6.45, 7) is 0. The van der Waals surface area contributed by atoms with Crippen LogP contribution in [0.3, 0.4) is 0 Å². The summed E-state index contributed by atoms with van der Waals surface area (Å²) < 4.78 is 78.1. The Morgan fingerprint density at radius 3 is 2.23 bits per heavy atom. The summed E-state index contributed by atoms with van der Waals surface area (Å²) in [4.78, 5) is 7.48. The number of aromatic nitrogens is 2. The Kier molecular flexibility index (Phi) is 4.67. The van der Waals surface area contributed by atoms with Gasteiger partial charge < -0.3 is 0 Å². The molecule has 0 spiro atoms. The van der Waals surface area contributed by atoms with E-state index in [0.717, 1.165) is 30.3 Å². The van der Waals surface area contributed by atoms with Gasteiger partial charge in [-0.15, -0.1) is 0 Å². The second kappa shape index (κ2) is 6.78. The van der Waals surface area contributed by atoms with Crippen molar-refractivity contribution >= 4 is 0 Å². The molecule has 0 saturated heterocycles. The third-order valence-corrected chi connectivity index (χ3v) is 3.69. The van der Waals surface area contributed by atoms with Gasteiger partial charge in [0.15, 0.2) is 0 Å². The minimum absolute atomic E-state index is 0.0372. The van der Waals surface area contributed by atoms with Crippen LogP contribution in [-0.2, 0) is 6.18 Å². The number of halogens is 6. The Hall–Kier alpha value is -2.90. The van der Waals surface area contributed by atoms with Crippen molar-refractivity contribution in [2.45, 2.75) is 12.6 Å². The Morgan fingerprint density at radius 1 is 0.885 bits per heavy atom. The standard InChI is InChI=1S/C18H10F6N2/c19-13-6-10(15-9-25-4-3-14(15)17(20)21)5-11(7-13)16-2-1-12(8-26-16)18(22,23)24/h1-9,17H. The Balaban J connectivity index is 2.07. The minimum atomic E-state index is -4.54. The molecule has 3 aromatic rings. The highest BCUT2D eigenvalue weighted by molar-refractivity contribution is 5.73. The van der Waals surface area contributed by atoms with E-state index in [1.54, 1.807) is 0 Å². The van der Waals surface area contributed by atoms with Gasteiger partial charge in [-0.2, -0.15) is 13.2 Å². The van der Waals surface area contributed by atoms with Crippen molar-refractivity contribution in [2.75, 3.05) is 0 Å². The molecular formula is C18H10F6N2. The van der Waals surface area contributed by atoms with Crippen molar-refractivity contribution in [3.63, 3.8) is 0 Å². The highest BCUT2D eigenvalue weighted by atomic mass is 19.4. The maximum Gasteiger partial charge on any atom is 0.417 e. The van der Waals surface area contributed by atoms with Crippen LogP contribution in [0.2, 0.25) is 0 Å². The number of nitrogens with zero attached hydrogens (tertiary/aromatic N) is 2. The Morgan fingerprint density at radius 2 is 1.62 bits per heavy atom. The molecule has 26 heavy (non-hydrogen) atoms. The lowest BCUT2D eigenvalue weighted by Gasteiger charge is -2.11. The van der Waals surface area contributed by atoms with E-state index in [0.29, 0.717) is 6.20 Å². The summed E-state index contributed by atoms with van der Waals surface area (Å²) in [7, 11) is 0. The lowest BCUT2D eigenvalue weighted by atomic mass is 9.98. The lowest BCUT2D eigenvalue weighted by Crippen LogP contribution is -2.05. The van der Waals surface area contributed by atoms with Crippen molar-refractivity contribution < 1.29 is 26.3 Å². The minimum Gasteiger partial charge on any atom is -0.264 e. The zero-order valence-electron chi connectivity index (χ0n) is 12.9. The molecule has 0 aliphatic heterocycles. The van der Waals surface area contributed by atoms with Crippen molar-refractivity contribution in [1.29, 1.82) is 0 Å². The van der Waals surface area contributed by atoms with Crippen LogP contribution in [0.1, 0.15) is 17.6 Å². The summed E-state index contributed by atoms with van der Waals surface area (Å²) >= 11 is 0. The van der Waals surface area contributed by atoms with Gasteiger partial charge in [-0.3, -0.25) is 9.97 Å². The monoisotopic (exact) mass is 368 g/mol. The topological polar surface area (TPSA) is 25.8 Å². The molecule has 2 nitrogen and oxygen atoms in total. The first-order valence-corrected chi connectivity index (χ1v) is 7.32. The van der Waals surface area contributed by atoms with Gasteiger partial charge in [0.25, 0.3) is 6.43 Å². The molecule has 8 heteroatoms. The highest BCUT2D eigenvalue weighted by Crippen LogP contribution is 2.34. The largest absolute Gasteiger partial charge is 0.417 e. The van der Waals surface area contributed by atoms with Crippen LogP contribution in [0, 0.1) is 5.82 Å². The van der Waals surface area contributed by atoms with E-state index < -0.39 is 24.0 Å². The predicted octanol–water partition coefficient (Wildman–Crippen LogP) is 5.91. The SMILES string of the molecule is Fc1cc(-c2ccc(C(F)(F)F)cn2)cc(-c2cnccc2C(F)F)c1. The van der Waals surface area contributed by atoms with Crippen LogP contribution in [0.4, 0.5) is 26.3 Å². The van der Waals surface area contributed by atoms with Crippen molar-refractivity contribution in [3.05, 3.63) is 71.9 Å². The van der Waals surface area contributed by atoms with E-state index >= 15 is 0 Å². The summed E-state index contributed by atoms with van der Waals surface area (Å²) in [5.41, 5.74) is -0.846. The smallest absolute Gasteiger partial charge is 0.264 e. The molecule has 2 aromatic heterocycles. The van der Waals surface area contributed by atoms with E-state index in [9.17, 15) is 26.3 Å². The first kappa shape index (κ1) is 17.9. The number of benzene rings is 1. The molecular weight excluding hydrogens is 358 g/mol. The molecule has 0 bridgehead atoms. The quantitative estimate of drug-likeness (QED) is 0.538. The number of rotatable bonds is 3. The van der Waals surface area contributed by atoms with Crippen LogP contribution in [0.25, 0.3) is 22.4 Å². The van der Waals surface area contributed by atoms with Crippen LogP contribution in [-0.4, -0.2) is 9.97 Å². The van der Waals surface area contributed by atoms with Gasteiger partial charge in [0.1, 0.15) is 5.82 Å². The van der Waals surface area contributed by atoms with Crippen LogP contribution < -0.4 is 0 Å². The highest BCUT2D eigenvalue weighted by Gasteiger charge is 2.30. The average Bonchev–Trinajstić information content (AvgIpc) is 2.60. The van der Waals surface area contributed by atoms with Gasteiger partial charge in [0.05, 0.1) is 11.3 Å². The van der Waals surface area contributed by atoms with E-state index in [-0.39, 0.29) is 27.9 Å². The first-order chi connectivity index (χ1) is 12.3. The number of hydrogen-bond donors (Lipinski definition) is 0. The average molecular weight is 368 g/mol.